The molecule has 0 aliphatic rings. The Hall–Kier alpha value is -7.62. The Kier molecular flexibility index (Phi) is 7.82. The molecule has 3 heteroatoms. The lowest BCUT2D eigenvalue weighted by molar-refractivity contribution is 0.669. The molecule has 57 heavy (non-hydrogen) atoms. The maximum Gasteiger partial charge on any atom is 0.160 e. The maximum absolute atomic E-state index is 6.16. The van der Waals surface area contributed by atoms with Crippen molar-refractivity contribution in [3.63, 3.8) is 0 Å². The molecule has 0 spiro atoms. The molecular weight excluding hydrogens is 693 g/mol. The Morgan fingerprint density at radius 3 is 1.61 bits per heavy atom. The Morgan fingerprint density at radius 2 is 0.842 bits per heavy atom. The fourth-order valence-corrected chi connectivity index (χ4v) is 8.29. The summed E-state index contributed by atoms with van der Waals surface area (Å²) < 4.78 is 6.16. The molecule has 2 heterocycles. The second kappa shape index (κ2) is 13.6. The van der Waals surface area contributed by atoms with E-state index in [4.69, 9.17) is 14.4 Å². The molecular formula is C54H34N2O. The molecule has 11 aromatic rings. The zero-order valence-corrected chi connectivity index (χ0v) is 30.9. The highest BCUT2D eigenvalue weighted by Gasteiger charge is 2.15. The van der Waals surface area contributed by atoms with E-state index in [-0.39, 0.29) is 0 Å². The van der Waals surface area contributed by atoms with Crippen molar-refractivity contribution in [2.45, 2.75) is 0 Å². The van der Waals surface area contributed by atoms with Crippen LogP contribution in [-0.4, -0.2) is 9.97 Å². The number of nitrogens with zero attached hydrogens (tertiary/aromatic N) is 2. The van der Waals surface area contributed by atoms with Gasteiger partial charge in [0, 0.05) is 27.5 Å². The van der Waals surface area contributed by atoms with Gasteiger partial charge in [-0.1, -0.05) is 176 Å². The summed E-state index contributed by atoms with van der Waals surface area (Å²) in [6.45, 7) is 0. The summed E-state index contributed by atoms with van der Waals surface area (Å²) in [6, 6.07) is 72.8. The Labute approximate surface area is 330 Å². The molecule has 0 amide bonds. The molecule has 0 fully saturated rings. The number of rotatable bonds is 6. The predicted octanol–water partition coefficient (Wildman–Crippen LogP) is 14.7. The predicted molar refractivity (Wildman–Crippen MR) is 237 cm³/mol. The molecule has 0 aliphatic carbocycles. The lowest BCUT2D eigenvalue weighted by Crippen LogP contribution is -1.96. The maximum atomic E-state index is 6.16. The van der Waals surface area contributed by atoms with Gasteiger partial charge < -0.3 is 4.42 Å². The van der Waals surface area contributed by atoms with Gasteiger partial charge in [0.25, 0.3) is 0 Å². The summed E-state index contributed by atoms with van der Waals surface area (Å²) in [6.07, 6.45) is 0. The number of furan rings is 1. The van der Waals surface area contributed by atoms with Crippen LogP contribution in [0.5, 0.6) is 0 Å². The quantitative estimate of drug-likeness (QED) is 0.160. The zero-order chi connectivity index (χ0) is 37.7. The van der Waals surface area contributed by atoms with Crippen LogP contribution in [0.2, 0.25) is 0 Å². The van der Waals surface area contributed by atoms with Crippen LogP contribution in [0.15, 0.2) is 211 Å². The van der Waals surface area contributed by atoms with Gasteiger partial charge in [0.15, 0.2) is 5.82 Å². The van der Waals surface area contributed by atoms with Gasteiger partial charge in [-0.2, -0.15) is 0 Å². The van der Waals surface area contributed by atoms with Gasteiger partial charge in [-0.15, -0.1) is 0 Å². The highest BCUT2D eigenvalue weighted by Crippen LogP contribution is 2.39. The highest BCUT2D eigenvalue weighted by molar-refractivity contribution is 6.14. The zero-order valence-electron chi connectivity index (χ0n) is 30.9. The third-order valence-electron chi connectivity index (χ3n) is 11.1. The fraction of sp³-hybridized carbons (Fsp3) is 0. The monoisotopic (exact) mass is 726 g/mol. The molecule has 3 nitrogen and oxygen atoms in total. The molecule has 0 atom stereocenters. The molecule has 9 aromatic carbocycles. The minimum Gasteiger partial charge on any atom is -0.456 e. The van der Waals surface area contributed by atoms with Gasteiger partial charge in [0.2, 0.25) is 0 Å². The van der Waals surface area contributed by atoms with Crippen LogP contribution in [0, 0.1) is 0 Å². The standard InChI is InChI=1S/C54H34N2O/c1-2-12-38(13-3-1)49-34-50(56-54(55-49)42-16-10-15-40(32-42)48-33-41-14-4-5-17-43(41)45-18-6-7-19-46(45)48)39-30-26-36(27-31-39)35-24-28-37(29-25-35)44-21-11-23-52-53(44)47-20-8-9-22-51(47)57-52/h1-34H. The Bertz CT molecular complexity index is 3270. The van der Waals surface area contributed by atoms with E-state index in [1.54, 1.807) is 0 Å². The SMILES string of the molecule is c1ccc(-c2cc(-c3ccc(-c4ccc(-c5cccc6oc7ccccc7c56)cc4)cc3)nc(-c3cccc(-c4cc5ccccc5c5ccccc45)c3)n2)cc1. The lowest BCUT2D eigenvalue weighted by atomic mass is 9.92. The number of hydrogen-bond donors (Lipinski definition) is 0. The molecule has 266 valence electrons. The van der Waals surface area contributed by atoms with Crippen LogP contribution in [0.25, 0.3) is 111 Å². The smallest absolute Gasteiger partial charge is 0.160 e. The Balaban J connectivity index is 0.957. The normalized spacial score (nSPS) is 11.5. The van der Waals surface area contributed by atoms with Crippen LogP contribution in [0.4, 0.5) is 0 Å². The van der Waals surface area contributed by atoms with E-state index in [0.29, 0.717) is 5.82 Å². The van der Waals surface area contributed by atoms with Gasteiger partial charge >= 0.3 is 0 Å². The number of para-hydroxylation sites is 1. The van der Waals surface area contributed by atoms with Crippen LogP contribution < -0.4 is 0 Å². The van der Waals surface area contributed by atoms with Gasteiger partial charge in [0.05, 0.1) is 11.4 Å². The van der Waals surface area contributed by atoms with Crippen molar-refractivity contribution in [2.24, 2.45) is 0 Å². The van der Waals surface area contributed by atoms with Crippen LogP contribution in [0.3, 0.4) is 0 Å². The lowest BCUT2D eigenvalue weighted by Gasteiger charge is -2.13. The summed E-state index contributed by atoms with van der Waals surface area (Å²) >= 11 is 0. The molecule has 0 aliphatic heterocycles. The first-order valence-electron chi connectivity index (χ1n) is 19.3. The topological polar surface area (TPSA) is 38.9 Å². The molecule has 0 unspecified atom stereocenters. The van der Waals surface area contributed by atoms with Crippen molar-refractivity contribution < 1.29 is 4.42 Å². The van der Waals surface area contributed by atoms with E-state index in [0.717, 1.165) is 72.3 Å². The number of aromatic nitrogens is 2. The number of hydrogen-bond acceptors (Lipinski definition) is 3. The average molecular weight is 727 g/mol. The van der Waals surface area contributed by atoms with E-state index in [1.807, 2.05) is 24.3 Å². The fourth-order valence-electron chi connectivity index (χ4n) is 8.29. The summed E-state index contributed by atoms with van der Waals surface area (Å²) in [4.78, 5) is 10.4. The molecule has 0 N–H and O–H groups in total. The van der Waals surface area contributed by atoms with Crippen LogP contribution in [-0.2, 0) is 0 Å². The second-order valence-electron chi connectivity index (χ2n) is 14.5. The van der Waals surface area contributed by atoms with E-state index in [1.165, 1.54) is 32.7 Å². The minimum absolute atomic E-state index is 0.693. The third-order valence-corrected chi connectivity index (χ3v) is 11.1. The first-order valence-corrected chi connectivity index (χ1v) is 19.3. The molecule has 11 rings (SSSR count). The van der Waals surface area contributed by atoms with Gasteiger partial charge in [-0.3, -0.25) is 0 Å². The molecule has 0 saturated heterocycles. The van der Waals surface area contributed by atoms with Gasteiger partial charge in [-0.25, -0.2) is 9.97 Å². The average Bonchev–Trinajstić information content (AvgIpc) is 3.68. The van der Waals surface area contributed by atoms with Crippen molar-refractivity contribution in [1.82, 2.24) is 9.97 Å². The summed E-state index contributed by atoms with van der Waals surface area (Å²) in [7, 11) is 0. The van der Waals surface area contributed by atoms with Crippen molar-refractivity contribution in [1.29, 1.82) is 0 Å². The van der Waals surface area contributed by atoms with Gasteiger partial charge in [0.1, 0.15) is 11.2 Å². The number of benzene rings is 9. The van der Waals surface area contributed by atoms with E-state index in [9.17, 15) is 0 Å². The van der Waals surface area contributed by atoms with E-state index in [2.05, 4.69) is 182 Å². The van der Waals surface area contributed by atoms with Crippen molar-refractivity contribution in [3.8, 4) is 67.3 Å². The van der Waals surface area contributed by atoms with Crippen LogP contribution >= 0.6 is 0 Å². The summed E-state index contributed by atoms with van der Waals surface area (Å²) in [5, 5.41) is 7.25. The largest absolute Gasteiger partial charge is 0.456 e. The third kappa shape index (κ3) is 5.85. The number of fused-ring (bicyclic) bond motifs is 6. The van der Waals surface area contributed by atoms with E-state index >= 15 is 0 Å². The van der Waals surface area contributed by atoms with E-state index < -0.39 is 0 Å². The second-order valence-corrected chi connectivity index (χ2v) is 14.5. The van der Waals surface area contributed by atoms with Gasteiger partial charge in [-0.05, 0) is 85.3 Å². The first kappa shape index (κ1) is 32.8. The highest BCUT2D eigenvalue weighted by atomic mass is 16.3. The molecule has 2 aromatic heterocycles. The summed E-state index contributed by atoms with van der Waals surface area (Å²) in [5.74, 6) is 0.693. The summed E-state index contributed by atoms with van der Waals surface area (Å²) in [5.41, 5.74) is 13.6. The van der Waals surface area contributed by atoms with Crippen LogP contribution in [0.1, 0.15) is 0 Å². The van der Waals surface area contributed by atoms with Crippen molar-refractivity contribution in [2.75, 3.05) is 0 Å². The van der Waals surface area contributed by atoms with Crippen molar-refractivity contribution in [3.05, 3.63) is 206 Å². The minimum atomic E-state index is 0.693. The van der Waals surface area contributed by atoms with Crippen molar-refractivity contribution >= 4 is 43.5 Å². The molecule has 0 radical (unpaired) electrons. The Morgan fingerprint density at radius 1 is 0.298 bits per heavy atom. The molecule has 0 saturated carbocycles. The molecule has 0 bridgehead atoms. The first-order chi connectivity index (χ1) is 28.2.